The largest absolute Gasteiger partial charge is 0.284 e. The van der Waals surface area contributed by atoms with Crippen molar-refractivity contribution in [3.63, 3.8) is 0 Å². The van der Waals surface area contributed by atoms with Crippen LogP contribution in [0.15, 0.2) is 76.9 Å². The lowest BCUT2D eigenvalue weighted by Crippen LogP contribution is -2.31. The highest BCUT2D eigenvalue weighted by molar-refractivity contribution is 8.15. The zero-order valence-electron chi connectivity index (χ0n) is 15.9. The van der Waals surface area contributed by atoms with Crippen molar-refractivity contribution < 1.29 is 4.79 Å². The van der Waals surface area contributed by atoms with Gasteiger partial charge >= 0.3 is 0 Å². The zero-order chi connectivity index (χ0) is 19.5. The van der Waals surface area contributed by atoms with Gasteiger partial charge in [0.15, 0.2) is 5.17 Å². The monoisotopic (exact) mass is 387 g/mol. The second-order valence-electron chi connectivity index (χ2n) is 6.81. The first kappa shape index (κ1) is 18.4. The third-order valence-corrected chi connectivity index (χ3v) is 5.95. The third kappa shape index (κ3) is 3.71. The van der Waals surface area contributed by atoms with Crippen molar-refractivity contribution in [2.75, 3.05) is 0 Å². The van der Waals surface area contributed by atoms with E-state index in [9.17, 15) is 4.79 Å². The number of hydrogen-bond donors (Lipinski definition) is 0. The van der Waals surface area contributed by atoms with E-state index in [0.29, 0.717) is 11.7 Å². The molecule has 1 aliphatic heterocycles. The smallest absolute Gasteiger partial charge is 0.242 e. The molecule has 3 aromatic carbocycles. The Balaban J connectivity index is 1.61. The van der Waals surface area contributed by atoms with Crippen molar-refractivity contribution in [2.45, 2.75) is 25.6 Å². The van der Waals surface area contributed by atoms with Gasteiger partial charge in [0.1, 0.15) is 0 Å². The molecule has 140 valence electrons. The van der Waals surface area contributed by atoms with Crippen LogP contribution < -0.4 is 0 Å². The summed E-state index contributed by atoms with van der Waals surface area (Å²) in [6.45, 7) is 4.49. The molecule has 0 saturated carbocycles. The maximum atomic E-state index is 12.6. The standard InChI is InChI=1S/C23H21N3OS/c1-16-8-3-4-10-20(16)15-26-22(27)17(2)28-23(26)25-24-14-19-12-7-11-18-9-5-6-13-21(18)19/h3-14,17H,15H2,1-2H3/b24-14-,25-23-/t17-/m0/s1. The van der Waals surface area contributed by atoms with Crippen LogP contribution in [0.2, 0.25) is 0 Å². The number of carbonyl (C=O) groups excluding carboxylic acids is 1. The van der Waals surface area contributed by atoms with Crippen LogP contribution in [0.5, 0.6) is 0 Å². The van der Waals surface area contributed by atoms with Gasteiger partial charge in [-0.05, 0) is 35.7 Å². The Bertz CT molecular complexity index is 1080. The molecule has 1 atom stereocenters. The molecule has 3 aromatic rings. The molecule has 0 radical (unpaired) electrons. The fourth-order valence-corrected chi connectivity index (χ4v) is 4.19. The second-order valence-corrected chi connectivity index (χ2v) is 8.11. The quantitative estimate of drug-likeness (QED) is 0.467. The first-order chi connectivity index (χ1) is 13.6. The van der Waals surface area contributed by atoms with E-state index in [2.05, 4.69) is 41.4 Å². The Morgan fingerprint density at radius 2 is 1.79 bits per heavy atom. The summed E-state index contributed by atoms with van der Waals surface area (Å²) in [6, 6.07) is 22.4. The van der Waals surface area contributed by atoms with Gasteiger partial charge in [-0.25, -0.2) is 0 Å². The molecule has 0 spiro atoms. The Morgan fingerprint density at radius 3 is 2.64 bits per heavy atom. The molecule has 1 saturated heterocycles. The minimum Gasteiger partial charge on any atom is -0.284 e. The van der Waals surface area contributed by atoms with E-state index in [-0.39, 0.29) is 11.2 Å². The fourth-order valence-electron chi connectivity index (χ4n) is 3.27. The number of carbonyl (C=O) groups is 1. The van der Waals surface area contributed by atoms with Gasteiger partial charge in [-0.1, -0.05) is 78.5 Å². The van der Waals surface area contributed by atoms with Gasteiger partial charge < -0.3 is 0 Å². The minimum atomic E-state index is -0.143. The van der Waals surface area contributed by atoms with Crippen LogP contribution >= 0.6 is 11.8 Å². The van der Waals surface area contributed by atoms with Gasteiger partial charge in [-0.3, -0.25) is 9.69 Å². The Kier molecular flexibility index (Phi) is 5.26. The Hall–Kier alpha value is -2.92. The van der Waals surface area contributed by atoms with Crippen LogP contribution in [0, 0.1) is 6.92 Å². The average molecular weight is 388 g/mol. The van der Waals surface area contributed by atoms with E-state index in [1.54, 1.807) is 11.1 Å². The lowest BCUT2D eigenvalue weighted by Gasteiger charge is -2.16. The molecule has 4 nitrogen and oxygen atoms in total. The van der Waals surface area contributed by atoms with Crippen molar-refractivity contribution in [3.8, 4) is 0 Å². The number of amides is 1. The molecule has 0 N–H and O–H groups in total. The summed E-state index contributed by atoms with van der Waals surface area (Å²) in [4.78, 5) is 14.3. The normalized spacial score (nSPS) is 18.6. The number of benzene rings is 3. The van der Waals surface area contributed by atoms with E-state index in [1.165, 1.54) is 22.7 Å². The fraction of sp³-hybridized carbons (Fsp3) is 0.174. The Morgan fingerprint density at radius 1 is 1.04 bits per heavy atom. The van der Waals surface area contributed by atoms with Crippen molar-refractivity contribution in [1.82, 2.24) is 4.90 Å². The van der Waals surface area contributed by atoms with Crippen LogP contribution in [0.4, 0.5) is 0 Å². The number of nitrogens with zero attached hydrogens (tertiary/aromatic N) is 3. The van der Waals surface area contributed by atoms with Crippen LogP contribution in [-0.4, -0.2) is 27.4 Å². The molecular weight excluding hydrogens is 366 g/mol. The summed E-state index contributed by atoms with van der Waals surface area (Å²) < 4.78 is 0. The van der Waals surface area contributed by atoms with Crippen LogP contribution in [0.1, 0.15) is 23.6 Å². The SMILES string of the molecule is Cc1ccccc1CN1C(=O)[C@H](C)S/C1=N\N=C/c1cccc2ccccc12. The summed E-state index contributed by atoms with van der Waals surface area (Å²) in [5.74, 6) is 0.0763. The lowest BCUT2D eigenvalue weighted by molar-refractivity contribution is -0.126. The first-order valence-electron chi connectivity index (χ1n) is 9.25. The van der Waals surface area contributed by atoms with E-state index in [0.717, 1.165) is 16.5 Å². The molecule has 5 heteroatoms. The molecular formula is C23H21N3OS. The number of fused-ring (bicyclic) bond motifs is 1. The van der Waals surface area contributed by atoms with Crippen molar-refractivity contribution in [3.05, 3.63) is 83.4 Å². The maximum absolute atomic E-state index is 12.6. The number of thioether (sulfide) groups is 1. The molecule has 1 amide bonds. The molecule has 1 fully saturated rings. The van der Waals surface area contributed by atoms with Crippen LogP contribution in [0.25, 0.3) is 10.8 Å². The summed E-state index contributed by atoms with van der Waals surface area (Å²) in [5, 5.41) is 11.5. The highest BCUT2D eigenvalue weighted by Crippen LogP contribution is 2.29. The first-order valence-corrected chi connectivity index (χ1v) is 10.1. The maximum Gasteiger partial charge on any atom is 0.242 e. The summed E-state index contributed by atoms with van der Waals surface area (Å²) in [7, 11) is 0. The number of aryl methyl sites for hydroxylation is 1. The molecule has 0 aromatic heterocycles. The molecule has 0 unspecified atom stereocenters. The van der Waals surface area contributed by atoms with E-state index < -0.39 is 0 Å². The average Bonchev–Trinajstić information content (AvgIpc) is 2.97. The molecule has 1 heterocycles. The number of rotatable bonds is 4. The van der Waals surface area contributed by atoms with E-state index >= 15 is 0 Å². The molecule has 4 rings (SSSR count). The van der Waals surface area contributed by atoms with E-state index in [1.807, 2.05) is 49.4 Å². The minimum absolute atomic E-state index is 0.0763. The highest BCUT2D eigenvalue weighted by Gasteiger charge is 2.35. The second kappa shape index (κ2) is 7.98. The van der Waals surface area contributed by atoms with Crippen LogP contribution in [-0.2, 0) is 11.3 Å². The van der Waals surface area contributed by atoms with Crippen molar-refractivity contribution in [2.24, 2.45) is 10.2 Å². The van der Waals surface area contributed by atoms with E-state index in [4.69, 9.17) is 0 Å². The molecule has 1 aliphatic rings. The zero-order valence-corrected chi connectivity index (χ0v) is 16.7. The predicted molar refractivity (Wildman–Crippen MR) is 118 cm³/mol. The third-order valence-electron chi connectivity index (χ3n) is 4.88. The van der Waals surface area contributed by atoms with Gasteiger partial charge in [0, 0.05) is 5.56 Å². The highest BCUT2D eigenvalue weighted by atomic mass is 32.2. The molecule has 0 aliphatic carbocycles. The topological polar surface area (TPSA) is 45.0 Å². The lowest BCUT2D eigenvalue weighted by atomic mass is 10.1. The summed E-state index contributed by atoms with van der Waals surface area (Å²) in [6.07, 6.45) is 1.76. The number of amidine groups is 1. The van der Waals surface area contributed by atoms with Gasteiger partial charge in [-0.15, -0.1) is 5.10 Å². The molecule has 0 bridgehead atoms. The Labute approximate surface area is 169 Å². The number of hydrogen-bond acceptors (Lipinski definition) is 4. The van der Waals surface area contributed by atoms with Gasteiger partial charge in [0.2, 0.25) is 5.91 Å². The van der Waals surface area contributed by atoms with Crippen molar-refractivity contribution in [1.29, 1.82) is 0 Å². The molecule has 28 heavy (non-hydrogen) atoms. The summed E-state index contributed by atoms with van der Waals surface area (Å²) in [5.41, 5.74) is 3.30. The predicted octanol–water partition coefficient (Wildman–Crippen LogP) is 5.00. The van der Waals surface area contributed by atoms with Crippen LogP contribution in [0.3, 0.4) is 0 Å². The van der Waals surface area contributed by atoms with Gasteiger partial charge in [0.05, 0.1) is 18.0 Å². The van der Waals surface area contributed by atoms with Crippen molar-refractivity contribution >= 4 is 39.8 Å². The van der Waals surface area contributed by atoms with Gasteiger partial charge in [0.25, 0.3) is 0 Å². The van der Waals surface area contributed by atoms with Gasteiger partial charge in [-0.2, -0.15) is 5.10 Å². The summed E-state index contributed by atoms with van der Waals surface area (Å²) >= 11 is 1.46.